The number of nitrogens with zero attached hydrogens (tertiary/aromatic N) is 3. The Hall–Kier alpha value is -3.44. The Morgan fingerprint density at radius 3 is 2.45 bits per heavy atom. The second-order valence-electron chi connectivity index (χ2n) is 8.26. The predicted molar refractivity (Wildman–Crippen MR) is 134 cm³/mol. The molecule has 0 aliphatic rings. The molecule has 0 aliphatic heterocycles. The lowest BCUT2D eigenvalue weighted by molar-refractivity contribution is -0.120. The lowest BCUT2D eigenvalue weighted by Gasteiger charge is -2.27. The number of aryl methyl sites for hydroxylation is 3. The van der Waals surface area contributed by atoms with Gasteiger partial charge in [-0.1, -0.05) is 67.1 Å². The van der Waals surface area contributed by atoms with Gasteiger partial charge in [0.05, 0.1) is 16.7 Å². The van der Waals surface area contributed by atoms with Gasteiger partial charge < -0.3 is 9.30 Å². The van der Waals surface area contributed by atoms with Crippen LogP contribution in [0.3, 0.4) is 0 Å². The molecule has 0 saturated heterocycles. The second-order valence-corrected chi connectivity index (χ2v) is 8.26. The van der Waals surface area contributed by atoms with Crippen LogP contribution in [-0.2, 0) is 22.5 Å². The summed E-state index contributed by atoms with van der Waals surface area (Å²) in [4.78, 5) is 20.5. The molecule has 170 valence electrons. The van der Waals surface area contributed by atoms with E-state index in [1.807, 2.05) is 54.8 Å². The molecule has 1 amide bonds. The fourth-order valence-corrected chi connectivity index (χ4v) is 4.21. The molecule has 0 radical (unpaired) electrons. The Balaban J connectivity index is 1.78. The number of carbonyl (C=O) groups is 1. The van der Waals surface area contributed by atoms with Gasteiger partial charge in [0.1, 0.15) is 19.1 Å². The molecule has 0 aliphatic carbocycles. The lowest BCUT2D eigenvalue weighted by Crippen LogP contribution is -2.37. The Morgan fingerprint density at radius 1 is 0.970 bits per heavy atom. The Labute approximate surface area is 195 Å². The van der Waals surface area contributed by atoms with Crippen LogP contribution in [0.1, 0.15) is 30.5 Å². The number of carbonyl (C=O) groups excluding carboxylic acids is 1. The van der Waals surface area contributed by atoms with Crippen molar-refractivity contribution in [2.45, 2.75) is 40.7 Å². The summed E-state index contributed by atoms with van der Waals surface area (Å²) in [6.07, 6.45) is 0.843. The van der Waals surface area contributed by atoms with Crippen molar-refractivity contribution < 1.29 is 9.53 Å². The smallest absolute Gasteiger partial charge is 0.248 e. The first-order chi connectivity index (χ1) is 16.0. The summed E-state index contributed by atoms with van der Waals surface area (Å²) >= 11 is 0. The third-order valence-corrected chi connectivity index (χ3v) is 5.96. The fourth-order valence-electron chi connectivity index (χ4n) is 4.21. The van der Waals surface area contributed by atoms with Crippen molar-refractivity contribution in [3.05, 3.63) is 83.4 Å². The highest BCUT2D eigenvalue weighted by Crippen LogP contribution is 2.29. The molecule has 1 heterocycles. The summed E-state index contributed by atoms with van der Waals surface area (Å²) in [6, 6.07) is 22.4. The van der Waals surface area contributed by atoms with Crippen LogP contribution in [-0.4, -0.2) is 28.8 Å². The van der Waals surface area contributed by atoms with Crippen molar-refractivity contribution >= 4 is 22.6 Å². The van der Waals surface area contributed by atoms with Gasteiger partial charge in [-0.15, -0.1) is 0 Å². The number of ether oxygens (including phenoxy) is 1. The van der Waals surface area contributed by atoms with Gasteiger partial charge in [-0.3, -0.25) is 9.69 Å². The van der Waals surface area contributed by atoms with Crippen LogP contribution in [0.5, 0.6) is 0 Å². The summed E-state index contributed by atoms with van der Waals surface area (Å²) in [7, 11) is 0. The minimum atomic E-state index is -0.0241. The van der Waals surface area contributed by atoms with Crippen molar-refractivity contribution in [2.24, 2.45) is 0 Å². The van der Waals surface area contributed by atoms with E-state index < -0.39 is 0 Å². The fraction of sp³-hybridized carbons (Fsp3) is 0.286. The van der Waals surface area contributed by atoms with Crippen LogP contribution < -0.4 is 4.90 Å². The number of imidazole rings is 1. The van der Waals surface area contributed by atoms with Crippen LogP contribution in [0, 0.1) is 13.8 Å². The third kappa shape index (κ3) is 4.69. The van der Waals surface area contributed by atoms with Gasteiger partial charge in [0.2, 0.25) is 5.91 Å². The number of rotatable bonds is 8. The van der Waals surface area contributed by atoms with Gasteiger partial charge in [-0.05, 0) is 50.5 Å². The highest BCUT2D eigenvalue weighted by Gasteiger charge is 2.23. The molecule has 1 aromatic heterocycles. The molecule has 0 spiro atoms. The number of amides is 1. The number of anilines is 1. The molecule has 0 bridgehead atoms. The van der Waals surface area contributed by atoms with Gasteiger partial charge >= 0.3 is 0 Å². The summed E-state index contributed by atoms with van der Waals surface area (Å²) in [5.74, 6) is 0.769. The number of benzene rings is 3. The summed E-state index contributed by atoms with van der Waals surface area (Å²) in [5.41, 5.74) is 7.15. The van der Waals surface area contributed by atoms with E-state index in [1.165, 1.54) is 5.56 Å². The minimum Gasteiger partial charge on any atom is -0.361 e. The van der Waals surface area contributed by atoms with E-state index >= 15 is 0 Å². The van der Waals surface area contributed by atoms with Gasteiger partial charge in [-0.25, -0.2) is 4.98 Å². The Morgan fingerprint density at radius 2 is 1.73 bits per heavy atom. The summed E-state index contributed by atoms with van der Waals surface area (Å²) in [6.45, 7) is 9.11. The van der Waals surface area contributed by atoms with Crippen LogP contribution in [0.15, 0.2) is 66.7 Å². The summed E-state index contributed by atoms with van der Waals surface area (Å²) < 4.78 is 7.76. The molecule has 4 rings (SSSR count). The number of fused-ring (bicyclic) bond motifs is 1. The molecule has 0 saturated carbocycles. The largest absolute Gasteiger partial charge is 0.361 e. The first-order valence-electron chi connectivity index (χ1n) is 11.5. The molecular weight excluding hydrogens is 410 g/mol. The van der Waals surface area contributed by atoms with E-state index in [2.05, 4.69) is 44.2 Å². The number of aromatic nitrogens is 2. The van der Waals surface area contributed by atoms with E-state index in [0.29, 0.717) is 6.61 Å². The maximum absolute atomic E-state index is 13.8. The van der Waals surface area contributed by atoms with Gasteiger partial charge in [0, 0.05) is 12.2 Å². The molecule has 5 nitrogen and oxygen atoms in total. The van der Waals surface area contributed by atoms with Crippen molar-refractivity contribution in [1.82, 2.24) is 9.55 Å². The van der Waals surface area contributed by atoms with E-state index in [9.17, 15) is 4.79 Å². The molecule has 5 heteroatoms. The molecule has 0 atom stereocenters. The monoisotopic (exact) mass is 441 g/mol. The number of hydrogen-bond donors (Lipinski definition) is 0. The van der Waals surface area contributed by atoms with Crippen molar-refractivity contribution in [2.75, 3.05) is 18.2 Å². The van der Waals surface area contributed by atoms with E-state index in [-0.39, 0.29) is 19.2 Å². The first-order valence-corrected chi connectivity index (χ1v) is 11.5. The molecular formula is C28H31N3O2. The molecule has 33 heavy (non-hydrogen) atoms. The Bertz CT molecular complexity index is 1260. The topological polar surface area (TPSA) is 47.4 Å². The van der Waals surface area contributed by atoms with Crippen molar-refractivity contribution in [1.29, 1.82) is 0 Å². The average molecular weight is 442 g/mol. The number of hydrogen-bond acceptors (Lipinski definition) is 3. The number of para-hydroxylation sites is 3. The zero-order chi connectivity index (χ0) is 23.4. The van der Waals surface area contributed by atoms with Crippen LogP contribution >= 0.6 is 0 Å². The zero-order valence-corrected chi connectivity index (χ0v) is 19.8. The second kappa shape index (κ2) is 10.0. The molecule has 0 N–H and O–H groups in total. The first kappa shape index (κ1) is 22.7. The van der Waals surface area contributed by atoms with E-state index in [1.54, 1.807) is 4.90 Å². The zero-order valence-electron chi connectivity index (χ0n) is 19.8. The van der Waals surface area contributed by atoms with Crippen molar-refractivity contribution in [3.8, 4) is 11.4 Å². The molecule has 4 aromatic rings. The van der Waals surface area contributed by atoms with E-state index in [0.717, 1.165) is 45.7 Å². The highest BCUT2D eigenvalue weighted by atomic mass is 16.5. The maximum atomic E-state index is 13.8. The normalized spacial score (nSPS) is 11.2. The standard InChI is InChI=1S/C28H31N3O2/c1-5-22-11-9-10-21(4)27(22)31(19-33-6-2)26(32)18-30-25-13-8-7-12-24(25)29-28(30)23-16-14-20(3)15-17-23/h7-17H,5-6,18-19H2,1-4H3. The van der Waals surface area contributed by atoms with Gasteiger partial charge in [0.15, 0.2) is 0 Å². The van der Waals surface area contributed by atoms with Crippen LogP contribution in [0.4, 0.5) is 5.69 Å². The quantitative estimate of drug-likeness (QED) is 0.319. The average Bonchev–Trinajstić information content (AvgIpc) is 3.19. The third-order valence-electron chi connectivity index (χ3n) is 5.96. The van der Waals surface area contributed by atoms with Gasteiger partial charge in [0.25, 0.3) is 0 Å². The maximum Gasteiger partial charge on any atom is 0.248 e. The molecule has 0 fully saturated rings. The van der Waals surface area contributed by atoms with Crippen LogP contribution in [0.25, 0.3) is 22.4 Å². The molecule has 0 unspecified atom stereocenters. The highest BCUT2D eigenvalue weighted by molar-refractivity contribution is 5.96. The van der Waals surface area contributed by atoms with E-state index in [4.69, 9.17) is 9.72 Å². The lowest BCUT2D eigenvalue weighted by atomic mass is 10.0. The van der Waals surface area contributed by atoms with Gasteiger partial charge in [-0.2, -0.15) is 0 Å². The van der Waals surface area contributed by atoms with Crippen LogP contribution in [0.2, 0.25) is 0 Å². The predicted octanol–water partition coefficient (Wildman–Crippen LogP) is 5.91. The summed E-state index contributed by atoms with van der Waals surface area (Å²) in [5, 5.41) is 0. The minimum absolute atomic E-state index is 0.0241. The molecule has 3 aromatic carbocycles. The Kier molecular flexibility index (Phi) is 6.90. The SMILES string of the molecule is CCOCN(C(=O)Cn1c(-c2ccc(C)cc2)nc2ccccc21)c1c(C)cccc1CC. The van der Waals surface area contributed by atoms with Crippen molar-refractivity contribution in [3.63, 3.8) is 0 Å².